The van der Waals surface area contributed by atoms with Crippen LogP contribution < -0.4 is 5.46 Å². The van der Waals surface area contributed by atoms with Gasteiger partial charge < -0.3 is 14.0 Å². The molecule has 4 nitrogen and oxygen atoms in total. The summed E-state index contributed by atoms with van der Waals surface area (Å²) in [4.78, 5) is 4.61. The molecule has 1 aromatic rings. The molecule has 1 saturated carbocycles. The second kappa shape index (κ2) is 4.95. The van der Waals surface area contributed by atoms with Crippen molar-refractivity contribution in [2.75, 3.05) is 13.2 Å². The summed E-state index contributed by atoms with van der Waals surface area (Å²) in [6.07, 6.45) is 2.16. The highest BCUT2D eigenvalue weighted by Crippen LogP contribution is 2.58. The van der Waals surface area contributed by atoms with E-state index in [0.29, 0.717) is 11.1 Å². The second-order valence-corrected chi connectivity index (χ2v) is 8.47. The van der Waals surface area contributed by atoms with Gasteiger partial charge in [0, 0.05) is 17.7 Å². The van der Waals surface area contributed by atoms with Crippen molar-refractivity contribution in [1.82, 2.24) is 4.98 Å². The minimum atomic E-state index is -0.396. The summed E-state index contributed by atoms with van der Waals surface area (Å²) in [5, 5.41) is 0.513. The first-order valence-corrected chi connectivity index (χ1v) is 8.73. The highest BCUT2D eigenvalue weighted by molar-refractivity contribution is 6.62. The molecule has 0 N–H and O–H groups in total. The van der Waals surface area contributed by atoms with Gasteiger partial charge in [-0.2, -0.15) is 0 Å². The fourth-order valence-corrected chi connectivity index (χ4v) is 3.93. The van der Waals surface area contributed by atoms with Gasteiger partial charge in [-0.05, 0) is 64.1 Å². The van der Waals surface area contributed by atoms with E-state index in [1.807, 2.05) is 6.07 Å². The molecule has 3 fully saturated rings. The van der Waals surface area contributed by atoms with Crippen LogP contribution in [0.25, 0.3) is 0 Å². The average molecular weight is 336 g/mol. The van der Waals surface area contributed by atoms with Crippen molar-refractivity contribution >= 4 is 24.2 Å². The number of fused-ring (bicyclic) bond motifs is 1. The molecule has 0 aromatic carbocycles. The number of ether oxygens (including phenoxy) is 1. The molecule has 2 aliphatic heterocycles. The van der Waals surface area contributed by atoms with E-state index < -0.39 is 7.12 Å². The van der Waals surface area contributed by atoms with E-state index in [-0.39, 0.29) is 16.6 Å². The van der Waals surface area contributed by atoms with Crippen LogP contribution in [0.15, 0.2) is 12.1 Å². The van der Waals surface area contributed by atoms with Gasteiger partial charge in [-0.1, -0.05) is 11.6 Å². The SMILES string of the molecule is CC1(C)OB(c2cc(Cl)nc(C34CCOCC3C4)c2)OC1(C)C. The summed E-state index contributed by atoms with van der Waals surface area (Å²) in [5.74, 6) is 0.577. The minimum absolute atomic E-state index is 0.154. The number of halogens is 1. The van der Waals surface area contributed by atoms with Crippen molar-refractivity contribution in [3.63, 3.8) is 0 Å². The van der Waals surface area contributed by atoms with Crippen molar-refractivity contribution in [2.24, 2.45) is 5.92 Å². The first-order chi connectivity index (χ1) is 10.7. The molecule has 4 rings (SSSR count). The summed E-state index contributed by atoms with van der Waals surface area (Å²) in [6, 6.07) is 3.99. The van der Waals surface area contributed by atoms with Gasteiger partial charge in [0.1, 0.15) is 5.15 Å². The van der Waals surface area contributed by atoms with Crippen LogP contribution in [0, 0.1) is 5.92 Å². The Morgan fingerprint density at radius 1 is 1.17 bits per heavy atom. The molecule has 2 saturated heterocycles. The molecule has 1 aromatic heterocycles. The molecule has 0 radical (unpaired) electrons. The molecule has 3 aliphatic rings. The quantitative estimate of drug-likeness (QED) is 0.615. The van der Waals surface area contributed by atoms with E-state index in [4.69, 9.17) is 25.6 Å². The van der Waals surface area contributed by atoms with Crippen LogP contribution in [0.5, 0.6) is 0 Å². The van der Waals surface area contributed by atoms with Gasteiger partial charge in [0.15, 0.2) is 0 Å². The van der Waals surface area contributed by atoms with Gasteiger partial charge in [0.2, 0.25) is 0 Å². The standard InChI is InChI=1S/C17H23BClNO3/c1-15(2)16(3,4)23-18(22-15)12-7-13(20-14(19)8-12)17-5-6-21-10-11(17)9-17/h7-8,11H,5-6,9-10H2,1-4H3. The number of hydrogen-bond acceptors (Lipinski definition) is 4. The van der Waals surface area contributed by atoms with Crippen molar-refractivity contribution < 1.29 is 14.0 Å². The summed E-state index contributed by atoms with van der Waals surface area (Å²) >= 11 is 6.32. The summed E-state index contributed by atoms with van der Waals surface area (Å²) in [5.41, 5.74) is 1.48. The Bertz CT molecular complexity index is 635. The van der Waals surface area contributed by atoms with E-state index in [0.717, 1.165) is 37.2 Å². The highest BCUT2D eigenvalue weighted by Gasteiger charge is 2.58. The van der Waals surface area contributed by atoms with E-state index in [9.17, 15) is 0 Å². The minimum Gasteiger partial charge on any atom is -0.399 e. The fourth-order valence-electron chi connectivity index (χ4n) is 3.71. The third-order valence-corrected chi connectivity index (χ3v) is 6.29. The predicted octanol–water partition coefficient (Wildman–Crippen LogP) is 2.71. The normalized spacial score (nSPS) is 34.3. The molecule has 1 aliphatic carbocycles. The van der Waals surface area contributed by atoms with Crippen LogP contribution in [0.3, 0.4) is 0 Å². The van der Waals surface area contributed by atoms with Gasteiger partial charge in [-0.3, -0.25) is 0 Å². The van der Waals surface area contributed by atoms with Gasteiger partial charge in [0.25, 0.3) is 0 Å². The molecule has 6 heteroatoms. The zero-order valence-electron chi connectivity index (χ0n) is 14.2. The average Bonchev–Trinajstić information content (AvgIpc) is 3.16. The van der Waals surface area contributed by atoms with Crippen molar-refractivity contribution in [3.8, 4) is 0 Å². The maximum atomic E-state index is 6.32. The number of nitrogens with zero attached hydrogens (tertiary/aromatic N) is 1. The van der Waals surface area contributed by atoms with Crippen LogP contribution in [0.4, 0.5) is 0 Å². The third kappa shape index (κ3) is 2.44. The lowest BCUT2D eigenvalue weighted by Crippen LogP contribution is -2.41. The lowest BCUT2D eigenvalue weighted by molar-refractivity contribution is 0.00578. The molecule has 0 amide bonds. The van der Waals surface area contributed by atoms with E-state index in [1.54, 1.807) is 0 Å². The summed E-state index contributed by atoms with van der Waals surface area (Å²) in [6.45, 7) is 9.88. The van der Waals surface area contributed by atoms with Crippen molar-refractivity contribution in [2.45, 2.75) is 57.2 Å². The maximum Gasteiger partial charge on any atom is 0.495 e. The first-order valence-electron chi connectivity index (χ1n) is 8.35. The van der Waals surface area contributed by atoms with Crippen LogP contribution in [0.1, 0.15) is 46.2 Å². The zero-order chi connectivity index (χ0) is 16.5. The van der Waals surface area contributed by atoms with Gasteiger partial charge in [0.05, 0.1) is 17.8 Å². The molecule has 2 unspecified atom stereocenters. The van der Waals surface area contributed by atoms with Crippen LogP contribution in [0.2, 0.25) is 5.15 Å². The second-order valence-electron chi connectivity index (χ2n) is 8.08. The fraction of sp³-hybridized carbons (Fsp3) is 0.706. The Morgan fingerprint density at radius 2 is 1.87 bits per heavy atom. The van der Waals surface area contributed by atoms with Crippen molar-refractivity contribution in [3.05, 3.63) is 23.0 Å². The van der Waals surface area contributed by atoms with E-state index in [2.05, 4.69) is 38.7 Å². The van der Waals surface area contributed by atoms with Crippen LogP contribution in [-0.4, -0.2) is 36.5 Å². The Morgan fingerprint density at radius 3 is 2.52 bits per heavy atom. The topological polar surface area (TPSA) is 40.6 Å². The molecular weight excluding hydrogens is 312 g/mol. The van der Waals surface area contributed by atoms with Gasteiger partial charge in [-0.15, -0.1) is 0 Å². The van der Waals surface area contributed by atoms with E-state index in [1.165, 1.54) is 0 Å². The summed E-state index contributed by atoms with van der Waals surface area (Å²) in [7, 11) is -0.396. The van der Waals surface area contributed by atoms with E-state index >= 15 is 0 Å². The molecule has 3 heterocycles. The van der Waals surface area contributed by atoms with Gasteiger partial charge >= 0.3 is 7.12 Å². The number of rotatable bonds is 2. The lowest BCUT2D eigenvalue weighted by Gasteiger charge is -2.32. The Labute approximate surface area is 143 Å². The maximum absolute atomic E-state index is 6.32. The molecular formula is C17H23BClNO3. The number of pyridine rings is 1. The number of hydrogen-bond donors (Lipinski definition) is 0. The zero-order valence-corrected chi connectivity index (χ0v) is 14.9. The number of aromatic nitrogens is 1. The Kier molecular flexibility index (Phi) is 3.42. The monoisotopic (exact) mass is 335 g/mol. The Balaban J connectivity index is 1.66. The third-order valence-electron chi connectivity index (χ3n) is 6.10. The van der Waals surface area contributed by atoms with Crippen molar-refractivity contribution in [1.29, 1.82) is 0 Å². The molecule has 2 atom stereocenters. The molecule has 124 valence electrons. The smallest absolute Gasteiger partial charge is 0.399 e. The van der Waals surface area contributed by atoms with Gasteiger partial charge in [-0.25, -0.2) is 4.98 Å². The molecule has 0 spiro atoms. The first kappa shape index (κ1) is 15.9. The molecule has 0 bridgehead atoms. The summed E-state index contributed by atoms with van der Waals surface area (Å²) < 4.78 is 17.9. The lowest BCUT2D eigenvalue weighted by atomic mass is 9.78. The van der Waals surface area contributed by atoms with Crippen LogP contribution in [-0.2, 0) is 19.5 Å². The highest BCUT2D eigenvalue weighted by atomic mass is 35.5. The Hall–Kier alpha value is -0.615. The predicted molar refractivity (Wildman–Crippen MR) is 90.2 cm³/mol. The molecule has 23 heavy (non-hydrogen) atoms. The van der Waals surface area contributed by atoms with Crippen LogP contribution >= 0.6 is 11.6 Å². The largest absolute Gasteiger partial charge is 0.495 e.